The van der Waals surface area contributed by atoms with Gasteiger partial charge < -0.3 is 10.1 Å². The van der Waals surface area contributed by atoms with Gasteiger partial charge in [-0.25, -0.2) is 12.7 Å². The smallest absolute Gasteiger partial charge is 0.262 e. The van der Waals surface area contributed by atoms with E-state index in [9.17, 15) is 13.2 Å². The fourth-order valence-corrected chi connectivity index (χ4v) is 3.50. The van der Waals surface area contributed by atoms with Crippen molar-refractivity contribution in [2.75, 3.05) is 26.0 Å². The number of hydrogen-bond acceptors (Lipinski definition) is 4. The van der Waals surface area contributed by atoms with Crippen LogP contribution in [0.2, 0.25) is 10.0 Å². The first kappa shape index (κ1) is 20.5. The topological polar surface area (TPSA) is 75.7 Å². The Bertz CT molecular complexity index is 930. The van der Waals surface area contributed by atoms with Crippen LogP contribution in [0, 0.1) is 6.92 Å². The second kappa shape index (κ2) is 8.26. The zero-order chi connectivity index (χ0) is 19.5. The van der Waals surface area contributed by atoms with E-state index in [1.165, 1.54) is 26.2 Å². The summed E-state index contributed by atoms with van der Waals surface area (Å²) in [6.45, 7) is 1.43. The van der Waals surface area contributed by atoms with Gasteiger partial charge in [0.1, 0.15) is 5.75 Å². The minimum absolute atomic E-state index is 0.130. The number of aryl methyl sites for hydroxylation is 1. The third-order valence-corrected chi connectivity index (χ3v) is 6.19. The maximum Gasteiger partial charge on any atom is 0.262 e. The molecule has 0 saturated carbocycles. The standard InChI is InChI=1S/C17H18Cl2N2O4S/c1-11-4-5-12(8-16(11)26(23,24)21(2)3)20-17(22)10-25-13-6-7-14(18)15(19)9-13/h4-9H,10H2,1-3H3,(H,20,22). The van der Waals surface area contributed by atoms with Crippen LogP contribution < -0.4 is 10.1 Å². The molecule has 9 heteroatoms. The summed E-state index contributed by atoms with van der Waals surface area (Å²) in [5.74, 6) is -0.0394. The number of sulfonamides is 1. The Hall–Kier alpha value is -1.80. The van der Waals surface area contributed by atoms with Crippen LogP contribution in [0.4, 0.5) is 5.69 Å². The second-order valence-corrected chi connectivity index (χ2v) is 8.62. The van der Waals surface area contributed by atoms with Crippen molar-refractivity contribution in [1.82, 2.24) is 4.31 Å². The molecule has 0 unspecified atom stereocenters. The number of halogens is 2. The Morgan fingerprint density at radius 3 is 2.42 bits per heavy atom. The average Bonchev–Trinajstić information content (AvgIpc) is 2.57. The van der Waals surface area contributed by atoms with Crippen LogP contribution in [0.5, 0.6) is 5.75 Å². The molecule has 26 heavy (non-hydrogen) atoms. The number of amides is 1. The van der Waals surface area contributed by atoms with Crippen LogP contribution in [0.3, 0.4) is 0 Å². The third-order valence-electron chi connectivity index (χ3n) is 3.49. The summed E-state index contributed by atoms with van der Waals surface area (Å²) < 4.78 is 31.1. The molecular formula is C17H18Cl2N2O4S. The van der Waals surface area contributed by atoms with Gasteiger partial charge in [0.2, 0.25) is 10.0 Å². The highest BCUT2D eigenvalue weighted by atomic mass is 35.5. The third kappa shape index (κ3) is 4.88. The zero-order valence-corrected chi connectivity index (χ0v) is 16.7. The van der Waals surface area contributed by atoms with Crippen LogP contribution in [-0.2, 0) is 14.8 Å². The van der Waals surface area contributed by atoms with Gasteiger partial charge in [0, 0.05) is 25.8 Å². The lowest BCUT2D eigenvalue weighted by Gasteiger charge is -2.15. The molecule has 0 heterocycles. The fourth-order valence-electron chi connectivity index (χ4n) is 2.07. The maximum absolute atomic E-state index is 12.3. The minimum atomic E-state index is -3.61. The number of carbonyl (C=O) groups is 1. The Labute approximate surface area is 162 Å². The first-order chi connectivity index (χ1) is 12.1. The van der Waals surface area contributed by atoms with Crippen LogP contribution in [0.1, 0.15) is 5.56 Å². The van der Waals surface area contributed by atoms with Gasteiger partial charge in [0.25, 0.3) is 5.91 Å². The van der Waals surface area contributed by atoms with Gasteiger partial charge >= 0.3 is 0 Å². The summed E-state index contributed by atoms with van der Waals surface area (Å²) in [6, 6.07) is 9.34. The maximum atomic E-state index is 12.3. The number of rotatable bonds is 6. The second-order valence-electron chi connectivity index (χ2n) is 5.68. The molecule has 0 atom stereocenters. The van der Waals surface area contributed by atoms with E-state index in [-0.39, 0.29) is 11.5 Å². The highest BCUT2D eigenvalue weighted by Gasteiger charge is 2.20. The first-order valence-electron chi connectivity index (χ1n) is 7.52. The number of ether oxygens (including phenoxy) is 1. The molecule has 0 aliphatic heterocycles. The Balaban J connectivity index is 2.08. The van der Waals surface area contributed by atoms with E-state index in [0.29, 0.717) is 27.0 Å². The van der Waals surface area contributed by atoms with Crippen LogP contribution in [0.15, 0.2) is 41.3 Å². The molecule has 2 rings (SSSR count). The van der Waals surface area contributed by atoms with E-state index < -0.39 is 15.9 Å². The van der Waals surface area contributed by atoms with Crippen LogP contribution in [0.25, 0.3) is 0 Å². The summed E-state index contributed by atoms with van der Waals surface area (Å²) in [4.78, 5) is 12.2. The Morgan fingerprint density at radius 1 is 1.12 bits per heavy atom. The number of hydrogen-bond donors (Lipinski definition) is 1. The molecule has 1 amide bonds. The summed E-state index contributed by atoms with van der Waals surface area (Å²) in [7, 11) is -0.707. The Morgan fingerprint density at radius 2 is 1.81 bits per heavy atom. The molecule has 2 aromatic rings. The van der Waals surface area contributed by atoms with Crippen molar-refractivity contribution in [2.24, 2.45) is 0 Å². The molecule has 0 radical (unpaired) electrons. The molecule has 2 aromatic carbocycles. The van der Waals surface area contributed by atoms with Crippen molar-refractivity contribution in [3.63, 3.8) is 0 Å². The average molecular weight is 417 g/mol. The quantitative estimate of drug-likeness (QED) is 0.780. The number of nitrogens with one attached hydrogen (secondary N) is 1. The highest BCUT2D eigenvalue weighted by molar-refractivity contribution is 7.89. The van der Waals surface area contributed by atoms with Crippen molar-refractivity contribution in [1.29, 1.82) is 0 Å². The molecule has 0 saturated heterocycles. The normalized spacial score (nSPS) is 11.5. The predicted octanol–water partition coefficient (Wildman–Crippen LogP) is 3.57. The summed E-state index contributed by atoms with van der Waals surface area (Å²) >= 11 is 11.7. The van der Waals surface area contributed by atoms with Crippen LogP contribution in [-0.4, -0.2) is 39.3 Å². The van der Waals surface area contributed by atoms with E-state index in [4.69, 9.17) is 27.9 Å². The zero-order valence-electron chi connectivity index (χ0n) is 14.4. The summed E-state index contributed by atoms with van der Waals surface area (Å²) in [5, 5.41) is 3.32. The molecule has 0 aromatic heterocycles. The molecule has 1 N–H and O–H groups in total. The van der Waals surface area contributed by atoms with Gasteiger partial charge in [-0.3, -0.25) is 4.79 Å². The van der Waals surface area contributed by atoms with Gasteiger partial charge in [-0.05, 0) is 36.8 Å². The molecule has 0 aliphatic carbocycles. The van der Waals surface area contributed by atoms with E-state index in [1.54, 1.807) is 31.2 Å². The molecule has 0 bridgehead atoms. The molecule has 0 aliphatic rings. The van der Waals surface area contributed by atoms with Gasteiger partial charge in [0.15, 0.2) is 6.61 Å². The molecule has 0 fully saturated rings. The van der Waals surface area contributed by atoms with Crippen LogP contribution >= 0.6 is 23.2 Å². The molecule has 6 nitrogen and oxygen atoms in total. The number of benzene rings is 2. The van der Waals surface area contributed by atoms with Crippen molar-refractivity contribution in [3.8, 4) is 5.75 Å². The lowest BCUT2D eigenvalue weighted by molar-refractivity contribution is -0.118. The van der Waals surface area contributed by atoms with E-state index in [2.05, 4.69) is 5.32 Å². The van der Waals surface area contributed by atoms with Gasteiger partial charge in [-0.15, -0.1) is 0 Å². The minimum Gasteiger partial charge on any atom is -0.484 e. The highest BCUT2D eigenvalue weighted by Crippen LogP contribution is 2.26. The molecule has 140 valence electrons. The van der Waals surface area contributed by atoms with Crippen molar-refractivity contribution in [2.45, 2.75) is 11.8 Å². The van der Waals surface area contributed by atoms with Gasteiger partial charge in [0.05, 0.1) is 14.9 Å². The summed E-state index contributed by atoms with van der Waals surface area (Å²) in [6.07, 6.45) is 0. The first-order valence-corrected chi connectivity index (χ1v) is 9.71. The summed E-state index contributed by atoms with van der Waals surface area (Å²) in [5.41, 5.74) is 0.947. The van der Waals surface area contributed by atoms with Crippen molar-refractivity contribution >= 4 is 44.8 Å². The van der Waals surface area contributed by atoms with E-state index >= 15 is 0 Å². The SMILES string of the molecule is Cc1ccc(NC(=O)COc2ccc(Cl)c(Cl)c2)cc1S(=O)(=O)N(C)C. The Kier molecular flexibility index (Phi) is 6.52. The van der Waals surface area contributed by atoms with Crippen molar-refractivity contribution in [3.05, 3.63) is 52.0 Å². The number of anilines is 1. The van der Waals surface area contributed by atoms with E-state index in [1.807, 2.05) is 0 Å². The molecular weight excluding hydrogens is 399 g/mol. The fraction of sp³-hybridized carbons (Fsp3) is 0.235. The van der Waals surface area contributed by atoms with E-state index in [0.717, 1.165) is 4.31 Å². The lowest BCUT2D eigenvalue weighted by atomic mass is 10.2. The monoisotopic (exact) mass is 416 g/mol. The van der Waals surface area contributed by atoms with Crippen molar-refractivity contribution < 1.29 is 17.9 Å². The van der Waals surface area contributed by atoms with Gasteiger partial charge in [-0.2, -0.15) is 0 Å². The largest absolute Gasteiger partial charge is 0.484 e. The molecule has 0 spiro atoms. The number of carbonyl (C=O) groups excluding carboxylic acids is 1. The number of nitrogens with zero attached hydrogens (tertiary/aromatic N) is 1. The van der Waals surface area contributed by atoms with Gasteiger partial charge in [-0.1, -0.05) is 29.3 Å². The lowest BCUT2D eigenvalue weighted by Crippen LogP contribution is -2.24. The predicted molar refractivity (Wildman–Crippen MR) is 103 cm³/mol.